The van der Waals surface area contributed by atoms with Crippen molar-refractivity contribution in [2.75, 3.05) is 5.88 Å². The molecule has 0 aliphatic heterocycles. The van der Waals surface area contributed by atoms with E-state index >= 15 is 0 Å². The molecule has 0 bridgehead atoms. The number of ether oxygens (including phenoxy) is 1. The molecule has 18 heavy (non-hydrogen) atoms. The highest BCUT2D eigenvalue weighted by Crippen LogP contribution is 2.14. The molecule has 0 spiro atoms. The largest absolute Gasteiger partial charge is 0.423 e. The maximum atomic E-state index is 11.8. The molecule has 0 aliphatic carbocycles. The average molecular weight is 261 g/mol. The zero-order valence-corrected chi connectivity index (χ0v) is 10.6. The molecule has 2 nitrogen and oxygen atoms in total. The van der Waals surface area contributed by atoms with Gasteiger partial charge < -0.3 is 4.74 Å². The molecule has 92 valence electrons. The summed E-state index contributed by atoms with van der Waals surface area (Å²) in [6.45, 7) is 0. The molecule has 0 aliphatic rings. The summed E-state index contributed by atoms with van der Waals surface area (Å²) < 4.78 is 5.26. The summed E-state index contributed by atoms with van der Waals surface area (Å²) in [6, 6.07) is 16.3. The van der Waals surface area contributed by atoms with Gasteiger partial charge in [-0.1, -0.05) is 30.3 Å². The predicted molar refractivity (Wildman–Crippen MR) is 72.3 cm³/mol. The van der Waals surface area contributed by atoms with Crippen LogP contribution in [-0.2, 0) is 6.42 Å². The molecule has 0 saturated heterocycles. The number of carbonyl (C=O) groups is 1. The van der Waals surface area contributed by atoms with E-state index in [0.717, 1.165) is 12.0 Å². The predicted octanol–water partition coefficient (Wildman–Crippen LogP) is 3.69. The second-order valence-corrected chi connectivity index (χ2v) is 4.22. The molecule has 0 amide bonds. The van der Waals surface area contributed by atoms with Crippen molar-refractivity contribution in [2.45, 2.75) is 6.42 Å². The van der Waals surface area contributed by atoms with Crippen molar-refractivity contribution in [3.63, 3.8) is 0 Å². The topological polar surface area (TPSA) is 26.3 Å². The van der Waals surface area contributed by atoms with Crippen molar-refractivity contribution < 1.29 is 9.53 Å². The number of hydrogen-bond acceptors (Lipinski definition) is 2. The van der Waals surface area contributed by atoms with E-state index in [-0.39, 0.29) is 5.97 Å². The molecule has 0 N–H and O–H groups in total. The Morgan fingerprint density at radius 2 is 1.67 bits per heavy atom. The fourth-order valence-corrected chi connectivity index (χ4v) is 1.79. The molecule has 2 aromatic rings. The third-order valence-corrected chi connectivity index (χ3v) is 2.72. The molecular weight excluding hydrogens is 248 g/mol. The van der Waals surface area contributed by atoms with Gasteiger partial charge in [-0.3, -0.25) is 0 Å². The van der Waals surface area contributed by atoms with E-state index in [0.29, 0.717) is 17.2 Å². The first kappa shape index (κ1) is 12.7. The van der Waals surface area contributed by atoms with E-state index in [4.69, 9.17) is 16.3 Å². The van der Waals surface area contributed by atoms with Crippen molar-refractivity contribution in [3.8, 4) is 5.75 Å². The fourth-order valence-electron chi connectivity index (χ4n) is 1.57. The van der Waals surface area contributed by atoms with Gasteiger partial charge in [-0.05, 0) is 36.2 Å². The second kappa shape index (κ2) is 6.22. The second-order valence-electron chi connectivity index (χ2n) is 3.84. The summed E-state index contributed by atoms with van der Waals surface area (Å²) in [5.41, 5.74) is 1.67. The van der Waals surface area contributed by atoms with E-state index in [1.54, 1.807) is 36.4 Å². The van der Waals surface area contributed by atoms with Gasteiger partial charge in [-0.15, -0.1) is 11.6 Å². The molecule has 0 aromatic heterocycles. The van der Waals surface area contributed by atoms with Crippen molar-refractivity contribution in [3.05, 3.63) is 65.7 Å². The Hall–Kier alpha value is -1.80. The van der Waals surface area contributed by atoms with Gasteiger partial charge in [0, 0.05) is 5.88 Å². The number of rotatable bonds is 4. The van der Waals surface area contributed by atoms with E-state index in [2.05, 4.69) is 0 Å². The van der Waals surface area contributed by atoms with Crippen LogP contribution in [0.25, 0.3) is 0 Å². The highest BCUT2D eigenvalue weighted by molar-refractivity contribution is 6.17. The van der Waals surface area contributed by atoms with Crippen LogP contribution in [0.5, 0.6) is 5.75 Å². The van der Waals surface area contributed by atoms with E-state index < -0.39 is 0 Å². The number of aryl methyl sites for hydroxylation is 1. The van der Waals surface area contributed by atoms with E-state index in [1.807, 2.05) is 18.2 Å². The lowest BCUT2D eigenvalue weighted by Crippen LogP contribution is -2.08. The Bertz CT molecular complexity index is 506. The highest BCUT2D eigenvalue weighted by Gasteiger charge is 2.07. The highest BCUT2D eigenvalue weighted by atomic mass is 35.5. The number of alkyl halides is 1. The molecule has 3 heteroatoms. The molecule has 2 rings (SSSR count). The fraction of sp³-hybridized carbons (Fsp3) is 0.133. The summed E-state index contributed by atoms with van der Waals surface area (Å²) in [4.78, 5) is 11.8. The summed E-state index contributed by atoms with van der Waals surface area (Å²) >= 11 is 5.65. The summed E-state index contributed by atoms with van der Waals surface area (Å²) in [7, 11) is 0. The first-order valence-corrected chi connectivity index (χ1v) is 6.25. The number of benzene rings is 2. The van der Waals surface area contributed by atoms with Gasteiger partial charge >= 0.3 is 5.97 Å². The standard InChI is InChI=1S/C15H13ClO2/c16-11-10-12-6-8-14(9-7-12)18-15(17)13-4-2-1-3-5-13/h1-9H,10-11H2. The molecule has 0 fully saturated rings. The van der Waals surface area contributed by atoms with Crippen molar-refractivity contribution in [1.29, 1.82) is 0 Å². The molecule has 0 heterocycles. The maximum Gasteiger partial charge on any atom is 0.343 e. The Balaban J connectivity index is 2.03. The Kier molecular flexibility index (Phi) is 4.37. The third kappa shape index (κ3) is 3.34. The number of hydrogen-bond donors (Lipinski definition) is 0. The van der Waals surface area contributed by atoms with Crippen LogP contribution in [0.15, 0.2) is 54.6 Å². The molecule has 0 saturated carbocycles. The smallest absolute Gasteiger partial charge is 0.343 e. The van der Waals surface area contributed by atoms with Crippen LogP contribution in [0.1, 0.15) is 15.9 Å². The summed E-state index contributed by atoms with van der Waals surface area (Å²) in [6.07, 6.45) is 0.814. The van der Waals surface area contributed by atoms with Crippen LogP contribution < -0.4 is 4.74 Å². The van der Waals surface area contributed by atoms with Gasteiger partial charge in [0.1, 0.15) is 5.75 Å². The minimum atomic E-state index is -0.347. The number of halogens is 1. The lowest BCUT2D eigenvalue weighted by Gasteiger charge is -2.05. The Morgan fingerprint density at radius 1 is 1.00 bits per heavy atom. The normalized spacial score (nSPS) is 10.1. The average Bonchev–Trinajstić information content (AvgIpc) is 2.42. The van der Waals surface area contributed by atoms with E-state index in [9.17, 15) is 4.79 Å². The lowest BCUT2D eigenvalue weighted by molar-refractivity contribution is 0.0735. The quantitative estimate of drug-likeness (QED) is 0.476. The van der Waals surface area contributed by atoms with Gasteiger partial charge in [-0.2, -0.15) is 0 Å². The Labute approximate surface area is 111 Å². The molecule has 0 radical (unpaired) electrons. The van der Waals surface area contributed by atoms with E-state index in [1.165, 1.54) is 0 Å². The SMILES string of the molecule is O=C(Oc1ccc(CCCl)cc1)c1ccccc1. The third-order valence-electron chi connectivity index (χ3n) is 2.53. The van der Waals surface area contributed by atoms with Crippen LogP contribution in [0.2, 0.25) is 0 Å². The lowest BCUT2D eigenvalue weighted by atomic mass is 10.2. The molecular formula is C15H13ClO2. The van der Waals surface area contributed by atoms with Crippen LogP contribution in [0, 0.1) is 0 Å². The van der Waals surface area contributed by atoms with Crippen LogP contribution >= 0.6 is 11.6 Å². The summed E-state index contributed by atoms with van der Waals surface area (Å²) in [5, 5.41) is 0. The van der Waals surface area contributed by atoms with Crippen molar-refractivity contribution in [2.24, 2.45) is 0 Å². The zero-order chi connectivity index (χ0) is 12.8. The van der Waals surface area contributed by atoms with Gasteiger partial charge in [0.25, 0.3) is 0 Å². The maximum absolute atomic E-state index is 11.8. The number of carbonyl (C=O) groups excluding carboxylic acids is 1. The first-order valence-electron chi connectivity index (χ1n) is 5.72. The van der Waals surface area contributed by atoms with Crippen molar-refractivity contribution >= 4 is 17.6 Å². The monoisotopic (exact) mass is 260 g/mol. The Morgan fingerprint density at radius 3 is 2.28 bits per heavy atom. The summed E-state index contributed by atoms with van der Waals surface area (Å²) in [5.74, 6) is 0.784. The molecule has 0 atom stereocenters. The van der Waals surface area contributed by atoms with Crippen LogP contribution in [-0.4, -0.2) is 11.8 Å². The van der Waals surface area contributed by atoms with Crippen LogP contribution in [0.3, 0.4) is 0 Å². The minimum Gasteiger partial charge on any atom is -0.423 e. The van der Waals surface area contributed by atoms with Gasteiger partial charge in [-0.25, -0.2) is 4.79 Å². The zero-order valence-electron chi connectivity index (χ0n) is 9.80. The van der Waals surface area contributed by atoms with Gasteiger partial charge in [0.15, 0.2) is 0 Å². The first-order chi connectivity index (χ1) is 8.79. The number of esters is 1. The van der Waals surface area contributed by atoms with Gasteiger partial charge in [0.05, 0.1) is 5.56 Å². The minimum absolute atomic E-state index is 0.347. The van der Waals surface area contributed by atoms with Crippen molar-refractivity contribution in [1.82, 2.24) is 0 Å². The van der Waals surface area contributed by atoms with Crippen LogP contribution in [0.4, 0.5) is 0 Å². The van der Waals surface area contributed by atoms with Gasteiger partial charge in [0.2, 0.25) is 0 Å². The molecule has 0 unspecified atom stereocenters. The molecule has 2 aromatic carbocycles.